The maximum atomic E-state index is 7.17. The summed E-state index contributed by atoms with van der Waals surface area (Å²) in [5.41, 5.74) is 0. The van der Waals surface area contributed by atoms with Gasteiger partial charge in [-0.1, -0.05) is 0 Å². The summed E-state index contributed by atoms with van der Waals surface area (Å²) in [4.78, 5) is 0. The summed E-state index contributed by atoms with van der Waals surface area (Å²) in [5, 5.41) is 21.5. The van der Waals surface area contributed by atoms with Crippen molar-refractivity contribution in [3.05, 3.63) is 0 Å². The van der Waals surface area contributed by atoms with Gasteiger partial charge in [-0.15, -0.1) is 0 Å². The molecule has 0 saturated carbocycles. The van der Waals surface area contributed by atoms with Gasteiger partial charge in [0.25, 0.3) is 0 Å². The summed E-state index contributed by atoms with van der Waals surface area (Å²) in [6.07, 6.45) is 0. The Balaban J connectivity index is -0.0000000450. The van der Waals surface area contributed by atoms with Gasteiger partial charge in [0, 0.05) is 37.7 Å². The van der Waals surface area contributed by atoms with Crippen LogP contribution in [0.5, 0.6) is 0 Å². The molecule has 0 heterocycles. The van der Waals surface area contributed by atoms with Crippen LogP contribution in [0.2, 0.25) is 0 Å². The molecule has 0 aromatic carbocycles. The zero-order valence-electron chi connectivity index (χ0n) is 2.22. The van der Waals surface area contributed by atoms with Crippen LogP contribution in [-0.2, 0) is 0 Å². The molecule has 0 rings (SSSR count). The van der Waals surface area contributed by atoms with Crippen LogP contribution in [0.25, 0.3) is 0 Å². The number of rotatable bonds is 0. The topological polar surface area (TPSA) is 60.7 Å². The van der Waals surface area contributed by atoms with Crippen LogP contribution in [0.3, 0.4) is 0 Å². The van der Waals surface area contributed by atoms with Crippen molar-refractivity contribution >= 4 is 24.7 Å². The standard InChI is InChI=1S/Al.BH3O3.Ho.3H/c;2-1(3)4;;;;/h;2-4H;;;;. The van der Waals surface area contributed by atoms with Crippen LogP contribution < -0.4 is 0 Å². The van der Waals surface area contributed by atoms with Gasteiger partial charge in [0.2, 0.25) is 0 Å². The summed E-state index contributed by atoms with van der Waals surface area (Å²) in [5.74, 6) is 0. The molecule has 1 radical (unpaired) electrons. The molecule has 3 N–H and O–H groups in total. The molecule has 6 heteroatoms. The van der Waals surface area contributed by atoms with Crippen LogP contribution in [-0.4, -0.2) is 39.8 Å². The third-order valence-corrected chi connectivity index (χ3v) is 0. The normalized spacial score (nSPS) is 4.50. The summed E-state index contributed by atoms with van der Waals surface area (Å²) in [6.45, 7) is 0. The Morgan fingerprint density at radius 1 is 1.00 bits per heavy atom. The predicted molar refractivity (Wildman–Crippen MR) is 22.3 cm³/mol. The van der Waals surface area contributed by atoms with Crippen LogP contribution in [0.1, 0.15) is 0 Å². The second kappa shape index (κ2) is 9.88. The van der Waals surface area contributed by atoms with Gasteiger partial charge in [-0.3, -0.25) is 0 Å². The van der Waals surface area contributed by atoms with Crippen molar-refractivity contribution in [1.82, 2.24) is 0 Å². The van der Waals surface area contributed by atoms with Crippen LogP contribution in [0, 0.1) is 37.7 Å². The van der Waals surface area contributed by atoms with Gasteiger partial charge in [0.05, 0.1) is 0 Å². The smallest absolute Gasteiger partial charge is 0.402 e. The van der Waals surface area contributed by atoms with Crippen molar-refractivity contribution < 1.29 is 52.8 Å². The van der Waals surface area contributed by atoms with E-state index in [0.717, 1.165) is 0 Å². The fourth-order valence-electron chi connectivity index (χ4n) is 0. The van der Waals surface area contributed by atoms with Crippen LogP contribution in [0.4, 0.5) is 0 Å². The molecule has 0 aliphatic carbocycles. The van der Waals surface area contributed by atoms with E-state index in [0.29, 0.717) is 0 Å². The fraction of sp³-hybridized carbons (Fsp3) is 0. The predicted octanol–water partition coefficient (Wildman–Crippen LogP) is -3.24. The molecule has 0 atom stereocenters. The van der Waals surface area contributed by atoms with E-state index in [2.05, 4.69) is 0 Å². The Labute approximate surface area is 76.7 Å². The van der Waals surface area contributed by atoms with Gasteiger partial charge in [0.15, 0.2) is 17.4 Å². The second-order valence-electron chi connectivity index (χ2n) is 0.346. The molecule has 0 fully saturated rings. The van der Waals surface area contributed by atoms with Crippen molar-refractivity contribution in [2.45, 2.75) is 0 Å². The first-order valence-corrected chi connectivity index (χ1v) is 0.775. The molecule has 0 saturated heterocycles. The molecule has 0 aliphatic heterocycles. The van der Waals surface area contributed by atoms with Gasteiger partial charge in [-0.25, -0.2) is 0 Å². The summed E-state index contributed by atoms with van der Waals surface area (Å²) in [6, 6.07) is 0. The summed E-state index contributed by atoms with van der Waals surface area (Å²) >= 11 is 0. The first-order valence-electron chi connectivity index (χ1n) is 0.775. The van der Waals surface area contributed by atoms with E-state index in [1.54, 1.807) is 0 Å². The van der Waals surface area contributed by atoms with E-state index in [1.807, 2.05) is 0 Å². The van der Waals surface area contributed by atoms with Crippen molar-refractivity contribution in [2.75, 3.05) is 0 Å². The Morgan fingerprint density at radius 2 is 1.00 bits per heavy atom. The first-order chi connectivity index (χ1) is 1.73. The van der Waals surface area contributed by atoms with E-state index < -0.39 is 7.32 Å². The molecule has 6 heavy (non-hydrogen) atoms. The van der Waals surface area contributed by atoms with E-state index in [9.17, 15) is 0 Å². The molecule has 0 unspecified atom stereocenters. The largest absolute Gasteiger partial charge is 0.631 e. The summed E-state index contributed by atoms with van der Waals surface area (Å²) in [7, 11) is -2.17. The van der Waals surface area contributed by atoms with E-state index in [1.165, 1.54) is 0 Å². The van der Waals surface area contributed by atoms with Gasteiger partial charge < -0.3 is 15.1 Å². The minimum absolute atomic E-state index is 0. The Kier molecular flexibility index (Phi) is 25.8. The van der Waals surface area contributed by atoms with Gasteiger partial charge in [-0.2, -0.15) is 0 Å². The van der Waals surface area contributed by atoms with Crippen molar-refractivity contribution in [1.29, 1.82) is 0 Å². The van der Waals surface area contributed by atoms with Crippen molar-refractivity contribution in [2.24, 2.45) is 0 Å². The molecule has 0 aromatic heterocycles. The Morgan fingerprint density at radius 3 is 1.00 bits per heavy atom. The third-order valence-electron chi connectivity index (χ3n) is 0. The maximum absolute atomic E-state index is 7.17. The quantitative estimate of drug-likeness (QED) is 0.400. The second-order valence-corrected chi connectivity index (χ2v) is 0.346. The van der Waals surface area contributed by atoms with E-state index >= 15 is 0 Å². The van der Waals surface area contributed by atoms with Gasteiger partial charge in [0.1, 0.15) is 0 Å². The Bertz CT molecular complexity index is 15.5. The molecule has 0 amide bonds. The molecular formula is H6AlBHoO3. The first kappa shape index (κ1) is 15.6. The summed E-state index contributed by atoms with van der Waals surface area (Å²) < 4.78 is 0. The average molecular weight is 257 g/mol. The molecular weight excluding hydrogens is 251 g/mol. The molecule has 0 aliphatic rings. The monoisotopic (exact) mass is 257 g/mol. The van der Waals surface area contributed by atoms with Crippen LogP contribution in [0.15, 0.2) is 0 Å². The van der Waals surface area contributed by atoms with Gasteiger partial charge >= 0.3 is 7.32 Å². The SMILES string of the molecule is OB(O)O.[AlH3].[Ho]. The Hall–Kier alpha value is 1.74. The number of hydrogen-bond donors (Lipinski definition) is 3. The molecule has 0 bridgehead atoms. The van der Waals surface area contributed by atoms with Crippen LogP contribution >= 0.6 is 0 Å². The molecule has 0 spiro atoms. The molecule has 0 aromatic rings. The zero-order chi connectivity index (χ0) is 3.58. The minimum Gasteiger partial charge on any atom is -0.402 e. The fourth-order valence-corrected chi connectivity index (χ4v) is 0. The van der Waals surface area contributed by atoms with Crippen molar-refractivity contribution in [3.63, 3.8) is 0 Å². The average Bonchev–Trinajstić information content (AvgIpc) is 0.811. The zero-order valence-corrected chi connectivity index (χ0v) is 4.16. The third kappa shape index (κ3) is 42.7. The molecule has 41 valence electrons. The number of hydrogen-bond acceptors (Lipinski definition) is 3. The van der Waals surface area contributed by atoms with E-state index in [4.69, 9.17) is 15.1 Å². The van der Waals surface area contributed by atoms with Crippen molar-refractivity contribution in [3.8, 4) is 0 Å². The molecule has 3 nitrogen and oxygen atoms in total. The van der Waals surface area contributed by atoms with E-state index in [-0.39, 0.29) is 55.1 Å². The maximum Gasteiger partial charge on any atom is 0.631 e. The van der Waals surface area contributed by atoms with Gasteiger partial charge in [-0.05, 0) is 0 Å². The minimum atomic E-state index is -2.17.